The second-order valence-corrected chi connectivity index (χ2v) is 6.05. The van der Waals surface area contributed by atoms with E-state index in [0.717, 1.165) is 30.0 Å². The highest BCUT2D eigenvalue weighted by Gasteiger charge is 2.23. The SMILES string of the molecule is Cc1ccc(N)cc1C(=O)N1CCSC(C)C1.Cl. The Labute approximate surface area is 119 Å². The smallest absolute Gasteiger partial charge is 0.254 e. The Hall–Kier alpha value is -0.870. The zero-order chi connectivity index (χ0) is 12.4. The third-order valence-corrected chi connectivity index (χ3v) is 4.16. The van der Waals surface area contributed by atoms with Crippen molar-refractivity contribution in [2.75, 3.05) is 24.6 Å². The van der Waals surface area contributed by atoms with Crippen LogP contribution in [0.2, 0.25) is 0 Å². The molecular formula is C13H19ClN2OS. The molecular weight excluding hydrogens is 268 g/mol. The number of anilines is 1. The third-order valence-electron chi connectivity index (χ3n) is 3.02. The molecule has 1 unspecified atom stereocenters. The van der Waals surface area contributed by atoms with Gasteiger partial charge in [-0.05, 0) is 24.6 Å². The summed E-state index contributed by atoms with van der Waals surface area (Å²) in [6.45, 7) is 5.78. The van der Waals surface area contributed by atoms with Crippen LogP contribution in [0.15, 0.2) is 18.2 Å². The summed E-state index contributed by atoms with van der Waals surface area (Å²) >= 11 is 1.92. The number of carbonyl (C=O) groups excluding carboxylic acids is 1. The van der Waals surface area contributed by atoms with Crippen LogP contribution in [0.3, 0.4) is 0 Å². The summed E-state index contributed by atoms with van der Waals surface area (Å²) in [6.07, 6.45) is 0. The van der Waals surface area contributed by atoms with Crippen molar-refractivity contribution in [3.63, 3.8) is 0 Å². The zero-order valence-electron chi connectivity index (χ0n) is 10.7. The number of hydrogen-bond donors (Lipinski definition) is 1. The first-order valence-electron chi connectivity index (χ1n) is 5.85. The minimum absolute atomic E-state index is 0. The molecule has 5 heteroatoms. The van der Waals surface area contributed by atoms with Gasteiger partial charge in [-0.25, -0.2) is 0 Å². The summed E-state index contributed by atoms with van der Waals surface area (Å²) in [5.41, 5.74) is 8.13. The molecule has 2 rings (SSSR count). The Morgan fingerprint density at radius 1 is 1.50 bits per heavy atom. The quantitative estimate of drug-likeness (QED) is 0.807. The van der Waals surface area contributed by atoms with Gasteiger partial charge in [0.25, 0.3) is 5.91 Å². The highest BCUT2D eigenvalue weighted by Crippen LogP contribution is 2.21. The lowest BCUT2D eigenvalue weighted by atomic mass is 10.1. The number of hydrogen-bond acceptors (Lipinski definition) is 3. The maximum absolute atomic E-state index is 12.4. The number of carbonyl (C=O) groups is 1. The van der Waals surface area contributed by atoms with Crippen LogP contribution >= 0.6 is 24.2 Å². The zero-order valence-corrected chi connectivity index (χ0v) is 12.3. The second kappa shape index (κ2) is 6.34. The third kappa shape index (κ3) is 3.33. The van der Waals surface area contributed by atoms with Crippen molar-refractivity contribution in [2.24, 2.45) is 0 Å². The Morgan fingerprint density at radius 3 is 2.89 bits per heavy atom. The number of nitrogen functional groups attached to an aromatic ring is 1. The van der Waals surface area contributed by atoms with Gasteiger partial charge in [0.05, 0.1) is 0 Å². The standard InChI is InChI=1S/C13H18N2OS.ClH/c1-9-3-4-11(14)7-12(9)13(16)15-5-6-17-10(2)8-15;/h3-4,7,10H,5-6,8,14H2,1-2H3;1H. The Balaban J connectivity index is 0.00000162. The first-order valence-corrected chi connectivity index (χ1v) is 6.90. The lowest BCUT2D eigenvalue weighted by molar-refractivity contribution is 0.0762. The molecule has 1 atom stereocenters. The van der Waals surface area contributed by atoms with E-state index in [1.807, 2.05) is 35.7 Å². The fourth-order valence-electron chi connectivity index (χ4n) is 2.04. The van der Waals surface area contributed by atoms with Crippen molar-refractivity contribution >= 4 is 35.8 Å². The minimum atomic E-state index is 0. The van der Waals surface area contributed by atoms with Crippen LogP contribution in [0.5, 0.6) is 0 Å². The highest BCUT2D eigenvalue weighted by molar-refractivity contribution is 7.99. The van der Waals surface area contributed by atoms with Crippen LogP contribution < -0.4 is 5.73 Å². The first kappa shape index (κ1) is 15.2. The van der Waals surface area contributed by atoms with E-state index in [0.29, 0.717) is 10.9 Å². The number of halogens is 1. The van der Waals surface area contributed by atoms with Gasteiger partial charge in [0.15, 0.2) is 0 Å². The summed E-state index contributed by atoms with van der Waals surface area (Å²) in [5, 5.41) is 0.522. The first-order chi connectivity index (χ1) is 8.08. The second-order valence-electron chi connectivity index (χ2n) is 4.51. The van der Waals surface area contributed by atoms with E-state index in [1.165, 1.54) is 0 Å². The molecule has 3 nitrogen and oxygen atoms in total. The van der Waals surface area contributed by atoms with E-state index in [2.05, 4.69) is 6.92 Å². The molecule has 1 fully saturated rings. The van der Waals surface area contributed by atoms with E-state index in [-0.39, 0.29) is 18.3 Å². The predicted octanol–water partition coefficient (Wildman–Crippen LogP) is 2.58. The van der Waals surface area contributed by atoms with Crippen LogP contribution in [0.25, 0.3) is 0 Å². The predicted molar refractivity (Wildman–Crippen MR) is 80.7 cm³/mol. The molecule has 0 aliphatic carbocycles. The summed E-state index contributed by atoms with van der Waals surface area (Å²) in [6, 6.07) is 5.52. The van der Waals surface area contributed by atoms with Crippen molar-refractivity contribution in [3.05, 3.63) is 29.3 Å². The summed E-state index contributed by atoms with van der Waals surface area (Å²) in [4.78, 5) is 14.3. The molecule has 2 N–H and O–H groups in total. The summed E-state index contributed by atoms with van der Waals surface area (Å²) in [7, 11) is 0. The maximum atomic E-state index is 12.4. The molecule has 1 heterocycles. The van der Waals surface area contributed by atoms with Crippen molar-refractivity contribution in [2.45, 2.75) is 19.1 Å². The lowest BCUT2D eigenvalue weighted by Crippen LogP contribution is -2.41. The van der Waals surface area contributed by atoms with E-state index in [9.17, 15) is 4.79 Å². The largest absolute Gasteiger partial charge is 0.399 e. The maximum Gasteiger partial charge on any atom is 0.254 e. The molecule has 0 bridgehead atoms. The van der Waals surface area contributed by atoms with E-state index in [4.69, 9.17) is 5.73 Å². The van der Waals surface area contributed by atoms with Crippen molar-refractivity contribution in [3.8, 4) is 0 Å². The van der Waals surface area contributed by atoms with Gasteiger partial charge in [-0.1, -0.05) is 13.0 Å². The molecule has 0 saturated carbocycles. The number of nitrogens with zero attached hydrogens (tertiary/aromatic N) is 1. The highest BCUT2D eigenvalue weighted by atomic mass is 35.5. The van der Waals surface area contributed by atoms with Crippen LogP contribution in [0.4, 0.5) is 5.69 Å². The lowest BCUT2D eigenvalue weighted by Gasteiger charge is -2.31. The number of rotatable bonds is 1. The van der Waals surface area contributed by atoms with Crippen LogP contribution in [-0.4, -0.2) is 34.9 Å². The van der Waals surface area contributed by atoms with Gasteiger partial charge in [0.2, 0.25) is 0 Å². The van der Waals surface area contributed by atoms with E-state index in [1.54, 1.807) is 6.07 Å². The molecule has 1 aliphatic heterocycles. The fourth-order valence-corrected chi connectivity index (χ4v) is 3.06. The summed E-state index contributed by atoms with van der Waals surface area (Å²) < 4.78 is 0. The molecule has 18 heavy (non-hydrogen) atoms. The number of amides is 1. The number of benzene rings is 1. The van der Waals surface area contributed by atoms with Gasteiger partial charge in [0, 0.05) is 35.3 Å². The molecule has 1 aromatic carbocycles. The number of thioether (sulfide) groups is 1. The van der Waals surface area contributed by atoms with Crippen molar-refractivity contribution < 1.29 is 4.79 Å². The molecule has 0 radical (unpaired) electrons. The average Bonchev–Trinajstić information content (AvgIpc) is 2.31. The van der Waals surface area contributed by atoms with Crippen molar-refractivity contribution in [1.29, 1.82) is 0 Å². The fraction of sp³-hybridized carbons (Fsp3) is 0.462. The van der Waals surface area contributed by atoms with Gasteiger partial charge in [-0.15, -0.1) is 12.4 Å². The van der Waals surface area contributed by atoms with Gasteiger partial charge in [-0.3, -0.25) is 4.79 Å². The van der Waals surface area contributed by atoms with E-state index >= 15 is 0 Å². The molecule has 1 aromatic rings. The topological polar surface area (TPSA) is 46.3 Å². The molecule has 0 spiro atoms. The Morgan fingerprint density at radius 2 is 2.22 bits per heavy atom. The van der Waals surface area contributed by atoms with Gasteiger partial charge >= 0.3 is 0 Å². The van der Waals surface area contributed by atoms with Crippen LogP contribution in [0.1, 0.15) is 22.8 Å². The molecule has 1 saturated heterocycles. The molecule has 100 valence electrons. The molecule has 1 amide bonds. The normalized spacial score (nSPS) is 19.2. The minimum Gasteiger partial charge on any atom is -0.399 e. The number of nitrogens with two attached hydrogens (primary N) is 1. The summed E-state index contributed by atoms with van der Waals surface area (Å²) in [5.74, 6) is 1.14. The average molecular weight is 287 g/mol. The number of aryl methyl sites for hydroxylation is 1. The monoisotopic (exact) mass is 286 g/mol. The van der Waals surface area contributed by atoms with Crippen molar-refractivity contribution in [1.82, 2.24) is 4.90 Å². The van der Waals surface area contributed by atoms with Crippen LogP contribution in [-0.2, 0) is 0 Å². The van der Waals surface area contributed by atoms with Gasteiger partial charge in [0.1, 0.15) is 0 Å². The Bertz CT molecular complexity index is 439. The van der Waals surface area contributed by atoms with Crippen LogP contribution in [0, 0.1) is 6.92 Å². The van der Waals surface area contributed by atoms with E-state index < -0.39 is 0 Å². The van der Waals surface area contributed by atoms with Gasteiger partial charge < -0.3 is 10.6 Å². The molecule has 0 aromatic heterocycles. The van der Waals surface area contributed by atoms with Gasteiger partial charge in [-0.2, -0.15) is 11.8 Å². The molecule has 1 aliphatic rings. The Kier molecular flexibility index (Phi) is 5.35.